The molecule has 6 heteroatoms. The molecule has 6 nitrogen and oxygen atoms in total. The third-order valence-electron chi connectivity index (χ3n) is 2.06. The monoisotopic (exact) mass is 182 g/mol. The van der Waals surface area contributed by atoms with Gasteiger partial charge in [0.2, 0.25) is 5.95 Å². The van der Waals surface area contributed by atoms with Crippen molar-refractivity contribution >= 4 is 5.95 Å². The molecule has 0 atom stereocenters. The van der Waals surface area contributed by atoms with Crippen LogP contribution in [-0.4, -0.2) is 14.5 Å². The molecule has 1 saturated carbocycles. The molecule has 1 aromatic rings. The van der Waals surface area contributed by atoms with Gasteiger partial charge in [-0.3, -0.25) is 4.98 Å². The lowest BCUT2D eigenvalue weighted by Crippen LogP contribution is -2.38. The van der Waals surface area contributed by atoms with Crippen LogP contribution in [0.5, 0.6) is 0 Å². The van der Waals surface area contributed by atoms with E-state index in [9.17, 15) is 9.59 Å². The fourth-order valence-corrected chi connectivity index (χ4v) is 1.17. The van der Waals surface area contributed by atoms with Gasteiger partial charge in [-0.05, 0) is 18.8 Å². The summed E-state index contributed by atoms with van der Waals surface area (Å²) in [5.41, 5.74) is 4.16. The lowest BCUT2D eigenvalue weighted by molar-refractivity contribution is 0.560. The highest BCUT2D eigenvalue weighted by Crippen LogP contribution is 2.29. The van der Waals surface area contributed by atoms with Gasteiger partial charge in [-0.1, -0.05) is 0 Å². The summed E-state index contributed by atoms with van der Waals surface area (Å²) in [5, 5.41) is 0. The number of hydrogen-bond acceptors (Lipinski definition) is 4. The van der Waals surface area contributed by atoms with Gasteiger partial charge >= 0.3 is 11.4 Å². The number of hydrogen-bond donors (Lipinski definition) is 2. The quantitative estimate of drug-likeness (QED) is 0.608. The first-order valence-corrected chi connectivity index (χ1v) is 4.13. The fraction of sp³-hybridized carbons (Fsp3) is 0.571. The van der Waals surface area contributed by atoms with E-state index in [0.717, 1.165) is 17.4 Å². The van der Waals surface area contributed by atoms with E-state index >= 15 is 0 Å². The summed E-state index contributed by atoms with van der Waals surface area (Å²) in [6.07, 6.45) is 2.16. The normalized spacial score (nSPS) is 16.0. The molecule has 1 aromatic heterocycles. The molecule has 2 rings (SSSR count). The van der Waals surface area contributed by atoms with Crippen LogP contribution >= 0.6 is 0 Å². The molecule has 0 spiro atoms. The van der Waals surface area contributed by atoms with Crippen molar-refractivity contribution in [3.63, 3.8) is 0 Å². The van der Waals surface area contributed by atoms with Crippen LogP contribution in [0.15, 0.2) is 9.59 Å². The molecular weight excluding hydrogens is 172 g/mol. The van der Waals surface area contributed by atoms with E-state index < -0.39 is 11.4 Å². The molecule has 3 N–H and O–H groups in total. The average Bonchev–Trinajstić information content (AvgIpc) is 2.79. The van der Waals surface area contributed by atoms with Gasteiger partial charge in [-0.15, -0.1) is 0 Å². The van der Waals surface area contributed by atoms with E-state index in [2.05, 4.69) is 9.97 Å². The molecule has 0 aromatic carbocycles. The third-order valence-corrected chi connectivity index (χ3v) is 2.06. The second-order valence-corrected chi connectivity index (χ2v) is 3.26. The van der Waals surface area contributed by atoms with Gasteiger partial charge in [0, 0.05) is 6.54 Å². The smallest absolute Gasteiger partial charge is 0.354 e. The zero-order chi connectivity index (χ0) is 9.42. The van der Waals surface area contributed by atoms with Crippen LogP contribution in [0.25, 0.3) is 0 Å². The lowest BCUT2D eigenvalue weighted by Gasteiger charge is -2.00. The molecule has 0 aliphatic heterocycles. The maximum Gasteiger partial charge on any atom is 0.354 e. The van der Waals surface area contributed by atoms with Crippen molar-refractivity contribution in [3.05, 3.63) is 21.0 Å². The summed E-state index contributed by atoms with van der Waals surface area (Å²) in [7, 11) is 0. The van der Waals surface area contributed by atoms with Crippen LogP contribution in [0.2, 0.25) is 0 Å². The van der Waals surface area contributed by atoms with Crippen molar-refractivity contribution in [3.8, 4) is 0 Å². The first-order chi connectivity index (χ1) is 6.16. The molecule has 13 heavy (non-hydrogen) atoms. The Morgan fingerprint density at radius 1 is 1.54 bits per heavy atom. The van der Waals surface area contributed by atoms with Crippen molar-refractivity contribution in [2.24, 2.45) is 5.92 Å². The van der Waals surface area contributed by atoms with E-state index in [0.29, 0.717) is 12.5 Å². The van der Waals surface area contributed by atoms with Crippen LogP contribution < -0.4 is 17.1 Å². The Labute approximate surface area is 73.4 Å². The van der Waals surface area contributed by atoms with Gasteiger partial charge < -0.3 is 5.73 Å². The summed E-state index contributed by atoms with van der Waals surface area (Å²) < 4.78 is 1.09. The zero-order valence-corrected chi connectivity index (χ0v) is 6.99. The number of H-pyrrole nitrogens is 1. The largest absolute Gasteiger partial charge is 0.369 e. The van der Waals surface area contributed by atoms with Crippen LogP contribution in [0.3, 0.4) is 0 Å². The molecule has 1 fully saturated rings. The minimum atomic E-state index is -0.562. The third kappa shape index (κ3) is 1.61. The second kappa shape index (κ2) is 2.72. The Morgan fingerprint density at radius 2 is 2.23 bits per heavy atom. The topological polar surface area (TPSA) is 93.8 Å². The van der Waals surface area contributed by atoms with Crippen molar-refractivity contribution in [1.29, 1.82) is 0 Å². The number of nitrogens with zero attached hydrogens (tertiary/aromatic N) is 2. The van der Waals surface area contributed by atoms with Gasteiger partial charge in [0.1, 0.15) is 0 Å². The SMILES string of the molecule is Nc1nc(=O)n(CC2CC2)c(=O)[nH]1. The summed E-state index contributed by atoms with van der Waals surface area (Å²) in [5.74, 6) is 0.339. The molecule has 0 amide bonds. The van der Waals surface area contributed by atoms with Crippen molar-refractivity contribution in [1.82, 2.24) is 14.5 Å². The number of nitrogens with one attached hydrogen (secondary N) is 1. The number of nitrogens with two attached hydrogens (primary N) is 1. The van der Waals surface area contributed by atoms with Crippen molar-refractivity contribution < 1.29 is 0 Å². The minimum Gasteiger partial charge on any atom is -0.369 e. The van der Waals surface area contributed by atoms with Crippen LogP contribution in [0, 0.1) is 5.92 Å². The van der Waals surface area contributed by atoms with Crippen LogP contribution in [0.4, 0.5) is 5.95 Å². The molecule has 1 heterocycles. The average molecular weight is 182 g/mol. The van der Waals surface area contributed by atoms with Gasteiger partial charge in [-0.2, -0.15) is 4.98 Å². The Morgan fingerprint density at radius 3 is 2.77 bits per heavy atom. The van der Waals surface area contributed by atoms with Crippen LogP contribution in [0.1, 0.15) is 12.8 Å². The van der Waals surface area contributed by atoms with E-state index in [1.54, 1.807) is 0 Å². The Balaban J connectivity index is 2.43. The second-order valence-electron chi connectivity index (χ2n) is 3.26. The molecule has 1 aliphatic rings. The minimum absolute atomic E-state index is 0.123. The summed E-state index contributed by atoms with van der Waals surface area (Å²) in [6, 6.07) is 0. The number of rotatable bonds is 2. The number of anilines is 1. The number of aromatic nitrogens is 3. The van der Waals surface area contributed by atoms with Gasteiger partial charge in [0.05, 0.1) is 0 Å². The number of nitrogen functional groups attached to an aromatic ring is 1. The maximum absolute atomic E-state index is 11.2. The van der Waals surface area contributed by atoms with E-state index in [1.807, 2.05) is 0 Å². The van der Waals surface area contributed by atoms with E-state index in [1.165, 1.54) is 0 Å². The van der Waals surface area contributed by atoms with Crippen molar-refractivity contribution in [2.75, 3.05) is 5.73 Å². The molecule has 0 radical (unpaired) electrons. The first kappa shape index (κ1) is 8.03. The molecule has 0 bridgehead atoms. The van der Waals surface area contributed by atoms with E-state index in [-0.39, 0.29) is 5.95 Å². The Hall–Kier alpha value is -1.59. The molecule has 70 valence electrons. The fourth-order valence-electron chi connectivity index (χ4n) is 1.17. The lowest BCUT2D eigenvalue weighted by atomic mass is 10.4. The van der Waals surface area contributed by atoms with Gasteiger partial charge in [0.25, 0.3) is 0 Å². The van der Waals surface area contributed by atoms with Crippen molar-refractivity contribution in [2.45, 2.75) is 19.4 Å². The standard InChI is InChI=1S/C7H10N4O2/c8-5-9-6(12)11(7(13)10-5)3-4-1-2-4/h4H,1-3H2,(H3,8,9,10,12,13). The number of aromatic amines is 1. The van der Waals surface area contributed by atoms with Gasteiger partial charge in [-0.25, -0.2) is 14.2 Å². The Bertz CT molecular complexity index is 398. The highest BCUT2D eigenvalue weighted by molar-refractivity contribution is 5.09. The molecule has 0 saturated heterocycles. The highest BCUT2D eigenvalue weighted by atomic mass is 16.2. The first-order valence-electron chi connectivity index (χ1n) is 4.13. The summed E-state index contributed by atoms with van der Waals surface area (Å²) >= 11 is 0. The molecule has 1 aliphatic carbocycles. The highest BCUT2D eigenvalue weighted by Gasteiger charge is 2.23. The maximum atomic E-state index is 11.2. The zero-order valence-electron chi connectivity index (χ0n) is 6.99. The predicted molar refractivity (Wildman–Crippen MR) is 46.3 cm³/mol. The predicted octanol–water partition coefficient (Wildman–Crippen LogP) is -1.08. The van der Waals surface area contributed by atoms with E-state index in [4.69, 9.17) is 5.73 Å². The molecule has 0 unspecified atom stereocenters. The summed E-state index contributed by atoms with van der Waals surface area (Å²) in [4.78, 5) is 28.1. The molecular formula is C7H10N4O2. The van der Waals surface area contributed by atoms with Crippen LogP contribution in [-0.2, 0) is 6.54 Å². The van der Waals surface area contributed by atoms with Gasteiger partial charge in [0.15, 0.2) is 0 Å². The Kier molecular flexibility index (Phi) is 1.68. The summed E-state index contributed by atoms with van der Waals surface area (Å²) in [6.45, 7) is 0.460.